The van der Waals surface area contributed by atoms with Crippen LogP contribution in [0.15, 0.2) is 18.2 Å². The number of hydrogen-bond acceptors (Lipinski definition) is 6. The van der Waals surface area contributed by atoms with Crippen LogP contribution in [-0.2, 0) is 34.2 Å². The minimum Gasteiger partial charge on any atom is -0.497 e. The highest BCUT2D eigenvalue weighted by molar-refractivity contribution is 6.31. The number of carbonyl (C=O) groups is 2. The summed E-state index contributed by atoms with van der Waals surface area (Å²) in [6, 6.07) is 5.60. The normalized spacial score (nSPS) is 24.1. The van der Waals surface area contributed by atoms with Crippen LogP contribution in [0.1, 0.15) is 55.7 Å². The first-order chi connectivity index (χ1) is 15.3. The number of aryl methyl sites for hydroxylation is 3. The number of methoxy groups -OCH3 is 1. The maximum atomic E-state index is 13.3. The average Bonchev–Trinajstić information content (AvgIpc) is 3.40. The number of ether oxygens (including phenoxy) is 2. The van der Waals surface area contributed by atoms with E-state index in [1.165, 1.54) is 0 Å². The van der Waals surface area contributed by atoms with Gasteiger partial charge in [-0.2, -0.15) is 5.10 Å². The van der Waals surface area contributed by atoms with Gasteiger partial charge in [0.25, 0.3) is 0 Å². The molecule has 2 heterocycles. The van der Waals surface area contributed by atoms with Crippen molar-refractivity contribution in [1.82, 2.24) is 14.8 Å². The molecule has 32 heavy (non-hydrogen) atoms. The van der Waals surface area contributed by atoms with Crippen molar-refractivity contribution >= 4 is 23.4 Å². The van der Waals surface area contributed by atoms with E-state index in [0.717, 1.165) is 31.2 Å². The van der Waals surface area contributed by atoms with Crippen LogP contribution in [-0.4, -0.2) is 39.2 Å². The SMILES string of the molecule is COc1ccc(CCC2(C3CCCC3)CC(=O)C(Cc3nc(C)nn3C)C(=O)O2)c(Cl)c1. The minimum absolute atomic E-state index is 0.0605. The topological polar surface area (TPSA) is 83.3 Å². The van der Waals surface area contributed by atoms with E-state index in [0.29, 0.717) is 35.3 Å². The van der Waals surface area contributed by atoms with Crippen molar-refractivity contribution in [3.8, 4) is 5.75 Å². The van der Waals surface area contributed by atoms with E-state index in [4.69, 9.17) is 21.1 Å². The van der Waals surface area contributed by atoms with Gasteiger partial charge in [0, 0.05) is 24.9 Å². The second-order valence-electron chi connectivity index (χ2n) is 9.02. The fraction of sp³-hybridized carbons (Fsp3) is 0.583. The number of ketones is 1. The van der Waals surface area contributed by atoms with E-state index >= 15 is 0 Å². The van der Waals surface area contributed by atoms with E-state index in [-0.39, 0.29) is 24.5 Å². The van der Waals surface area contributed by atoms with Crippen molar-refractivity contribution in [2.45, 2.75) is 63.9 Å². The van der Waals surface area contributed by atoms with Crippen molar-refractivity contribution in [2.75, 3.05) is 7.11 Å². The zero-order valence-corrected chi connectivity index (χ0v) is 19.7. The highest BCUT2D eigenvalue weighted by Crippen LogP contribution is 2.45. The molecule has 172 valence electrons. The Morgan fingerprint density at radius 3 is 2.62 bits per heavy atom. The second kappa shape index (κ2) is 9.22. The lowest BCUT2D eigenvalue weighted by Crippen LogP contribution is -2.52. The molecule has 8 heteroatoms. The summed E-state index contributed by atoms with van der Waals surface area (Å²) < 4.78 is 13.0. The number of rotatable bonds is 7. The average molecular weight is 460 g/mol. The Kier molecular flexibility index (Phi) is 6.56. The third-order valence-electron chi connectivity index (χ3n) is 6.97. The van der Waals surface area contributed by atoms with Gasteiger partial charge in [-0.05, 0) is 56.2 Å². The largest absolute Gasteiger partial charge is 0.497 e. The Balaban J connectivity index is 1.54. The van der Waals surface area contributed by atoms with E-state index in [1.54, 1.807) is 31.8 Å². The van der Waals surface area contributed by atoms with Crippen LogP contribution in [0.3, 0.4) is 0 Å². The van der Waals surface area contributed by atoms with Crippen LogP contribution < -0.4 is 4.74 Å². The van der Waals surface area contributed by atoms with Gasteiger partial charge in [-0.1, -0.05) is 30.5 Å². The van der Waals surface area contributed by atoms with Crippen molar-refractivity contribution in [1.29, 1.82) is 0 Å². The molecular weight excluding hydrogens is 430 g/mol. The monoisotopic (exact) mass is 459 g/mol. The quantitative estimate of drug-likeness (QED) is 0.459. The maximum absolute atomic E-state index is 13.3. The molecule has 0 amide bonds. The van der Waals surface area contributed by atoms with E-state index < -0.39 is 17.5 Å². The molecule has 1 aliphatic heterocycles. The van der Waals surface area contributed by atoms with Crippen LogP contribution in [0.2, 0.25) is 5.02 Å². The van der Waals surface area contributed by atoms with Crippen LogP contribution in [0.25, 0.3) is 0 Å². The Labute approximate surface area is 193 Å². The zero-order chi connectivity index (χ0) is 22.9. The molecule has 4 rings (SSSR count). The minimum atomic E-state index is -0.823. The van der Waals surface area contributed by atoms with Gasteiger partial charge in [0.15, 0.2) is 5.78 Å². The lowest BCUT2D eigenvalue weighted by molar-refractivity contribution is -0.185. The summed E-state index contributed by atoms with van der Waals surface area (Å²) in [4.78, 5) is 30.7. The summed E-state index contributed by atoms with van der Waals surface area (Å²) in [5.74, 6) is 0.823. The fourth-order valence-corrected chi connectivity index (χ4v) is 5.46. The number of aromatic nitrogens is 3. The highest BCUT2D eigenvalue weighted by Gasteiger charge is 2.51. The molecule has 0 bridgehead atoms. The number of esters is 1. The number of hydrogen-bond donors (Lipinski definition) is 0. The second-order valence-corrected chi connectivity index (χ2v) is 9.43. The Morgan fingerprint density at radius 1 is 1.28 bits per heavy atom. The van der Waals surface area contributed by atoms with Gasteiger partial charge in [-0.15, -0.1) is 0 Å². The number of halogens is 1. The maximum Gasteiger partial charge on any atom is 0.317 e. The van der Waals surface area contributed by atoms with Crippen molar-refractivity contribution in [3.63, 3.8) is 0 Å². The molecular formula is C24H30ClN3O4. The molecule has 2 aliphatic rings. The summed E-state index contributed by atoms with van der Waals surface area (Å²) in [6.07, 6.45) is 5.84. The molecule has 2 unspecified atom stereocenters. The molecule has 2 aromatic rings. The van der Waals surface area contributed by atoms with Crippen LogP contribution >= 0.6 is 11.6 Å². The molecule has 2 fully saturated rings. The smallest absolute Gasteiger partial charge is 0.317 e. The molecule has 1 aliphatic carbocycles. The standard InChI is InChI=1S/C24H30ClN3O4/c1-15-26-22(28(2)27-15)13-19-21(29)14-24(32-23(19)30,17-6-4-5-7-17)11-10-16-8-9-18(31-3)12-20(16)25/h8-9,12,17,19H,4-7,10-11,13-14H2,1-3H3. The lowest BCUT2D eigenvalue weighted by Gasteiger charge is -2.43. The first-order valence-electron chi connectivity index (χ1n) is 11.3. The van der Waals surface area contributed by atoms with E-state index in [1.807, 2.05) is 12.1 Å². The van der Waals surface area contributed by atoms with Gasteiger partial charge in [0.2, 0.25) is 0 Å². The van der Waals surface area contributed by atoms with E-state index in [9.17, 15) is 9.59 Å². The van der Waals surface area contributed by atoms with Crippen LogP contribution in [0.5, 0.6) is 5.75 Å². The van der Waals surface area contributed by atoms with Crippen LogP contribution in [0.4, 0.5) is 0 Å². The molecule has 0 spiro atoms. The molecule has 1 aromatic carbocycles. The summed E-state index contributed by atoms with van der Waals surface area (Å²) >= 11 is 6.45. The Hall–Kier alpha value is -2.41. The van der Waals surface area contributed by atoms with Crippen molar-refractivity contribution in [3.05, 3.63) is 40.4 Å². The summed E-state index contributed by atoms with van der Waals surface area (Å²) in [6.45, 7) is 1.79. The van der Waals surface area contributed by atoms with Crippen molar-refractivity contribution < 1.29 is 19.1 Å². The molecule has 1 saturated carbocycles. The zero-order valence-electron chi connectivity index (χ0n) is 18.9. The first-order valence-corrected chi connectivity index (χ1v) is 11.6. The van der Waals surface area contributed by atoms with Gasteiger partial charge in [-0.3, -0.25) is 14.3 Å². The highest BCUT2D eigenvalue weighted by atomic mass is 35.5. The summed E-state index contributed by atoms with van der Waals surface area (Å²) in [7, 11) is 3.38. The molecule has 0 radical (unpaired) electrons. The van der Waals surface area contributed by atoms with Gasteiger partial charge in [0.05, 0.1) is 7.11 Å². The van der Waals surface area contributed by atoms with Gasteiger partial charge >= 0.3 is 5.97 Å². The molecule has 7 nitrogen and oxygen atoms in total. The third kappa shape index (κ3) is 4.53. The lowest BCUT2D eigenvalue weighted by atomic mass is 9.73. The Morgan fingerprint density at radius 2 is 2.03 bits per heavy atom. The number of carbonyl (C=O) groups excluding carboxylic acids is 2. The van der Waals surface area contributed by atoms with Gasteiger partial charge < -0.3 is 9.47 Å². The Bertz CT molecular complexity index is 995. The molecule has 1 saturated heterocycles. The van der Waals surface area contributed by atoms with Crippen LogP contribution in [0, 0.1) is 18.8 Å². The number of cyclic esters (lactones) is 1. The number of Topliss-reactive ketones (excluding diaryl/α,β-unsaturated/α-hetero) is 1. The fourth-order valence-electron chi connectivity index (χ4n) is 5.20. The predicted octanol–water partition coefficient (Wildman–Crippen LogP) is 4.02. The number of nitrogens with zero attached hydrogens (tertiary/aromatic N) is 3. The third-order valence-corrected chi connectivity index (χ3v) is 7.33. The van der Waals surface area contributed by atoms with Gasteiger partial charge in [0.1, 0.15) is 28.9 Å². The molecule has 0 N–H and O–H groups in total. The van der Waals surface area contributed by atoms with Crippen molar-refractivity contribution in [2.24, 2.45) is 18.9 Å². The molecule has 1 aromatic heterocycles. The van der Waals surface area contributed by atoms with Gasteiger partial charge in [-0.25, -0.2) is 4.98 Å². The predicted molar refractivity (Wildman–Crippen MR) is 120 cm³/mol. The first kappa shape index (κ1) is 22.8. The van der Waals surface area contributed by atoms with E-state index in [2.05, 4.69) is 10.1 Å². The molecule has 2 atom stereocenters. The summed E-state index contributed by atoms with van der Waals surface area (Å²) in [5, 5.41) is 4.84. The summed E-state index contributed by atoms with van der Waals surface area (Å²) in [5.41, 5.74) is 0.199. The number of benzene rings is 1.